The van der Waals surface area contributed by atoms with Crippen molar-refractivity contribution in [3.8, 4) is 17.7 Å². The number of rotatable bonds is 5. The monoisotopic (exact) mass is 394 g/mol. The van der Waals surface area contributed by atoms with Crippen molar-refractivity contribution in [1.82, 2.24) is 4.57 Å². The number of nitrogens with zero attached hydrogens (tertiary/aromatic N) is 2. The Morgan fingerprint density at radius 2 is 1.92 bits per heavy atom. The molecule has 0 radical (unpaired) electrons. The van der Waals surface area contributed by atoms with Crippen LogP contribution in [0.2, 0.25) is 10.0 Å². The van der Waals surface area contributed by atoms with Gasteiger partial charge in [0.25, 0.3) is 5.56 Å². The number of hydrogen-bond acceptors (Lipinski definition) is 5. The molecule has 0 bridgehead atoms. The molecule has 0 amide bonds. The fraction of sp³-hybridized carbons (Fsp3) is 0.278. The maximum atomic E-state index is 12.9. The molecule has 0 unspecified atom stereocenters. The molecule has 0 spiro atoms. The van der Waals surface area contributed by atoms with E-state index in [-0.39, 0.29) is 38.0 Å². The molecule has 8 heteroatoms. The molecule has 1 heterocycles. The highest BCUT2D eigenvalue weighted by Crippen LogP contribution is 2.36. The smallest absolute Gasteiger partial charge is 0.271 e. The first kappa shape index (κ1) is 19.8. The second-order valence-electron chi connectivity index (χ2n) is 5.62. The minimum Gasteiger partial charge on any atom is -0.494 e. The molecule has 1 N–H and O–H groups in total. The first-order valence-corrected chi connectivity index (χ1v) is 8.49. The summed E-state index contributed by atoms with van der Waals surface area (Å²) in [6, 6.07) is 4.51. The lowest BCUT2D eigenvalue weighted by molar-refractivity contribution is 0.103. The first-order valence-electron chi connectivity index (χ1n) is 7.73. The lowest BCUT2D eigenvalue weighted by atomic mass is 9.97. The number of halogens is 2. The number of carbonyl (C=O) groups excluding carboxylic acids is 1. The Hall–Kier alpha value is -2.49. The predicted octanol–water partition coefficient (Wildman–Crippen LogP) is 3.60. The maximum absolute atomic E-state index is 12.9. The van der Waals surface area contributed by atoms with Gasteiger partial charge < -0.3 is 9.84 Å². The molecule has 0 aliphatic rings. The van der Waals surface area contributed by atoms with Crippen molar-refractivity contribution < 1.29 is 14.6 Å². The van der Waals surface area contributed by atoms with Crippen molar-refractivity contribution in [1.29, 1.82) is 5.26 Å². The van der Waals surface area contributed by atoms with Crippen LogP contribution < -0.4 is 10.3 Å². The Morgan fingerprint density at radius 1 is 1.35 bits per heavy atom. The lowest BCUT2D eigenvalue weighted by Crippen LogP contribution is -2.24. The number of pyridine rings is 1. The molecule has 6 nitrogen and oxygen atoms in total. The fourth-order valence-electron chi connectivity index (χ4n) is 2.47. The highest BCUT2D eigenvalue weighted by molar-refractivity contribution is 6.38. The van der Waals surface area contributed by atoms with Gasteiger partial charge in [0.05, 0.1) is 22.2 Å². The van der Waals surface area contributed by atoms with E-state index in [2.05, 4.69) is 0 Å². The second-order valence-corrected chi connectivity index (χ2v) is 6.44. The van der Waals surface area contributed by atoms with E-state index in [4.69, 9.17) is 27.9 Å². The zero-order valence-electron chi connectivity index (χ0n) is 14.4. The highest BCUT2D eigenvalue weighted by Gasteiger charge is 2.25. The van der Waals surface area contributed by atoms with Crippen LogP contribution in [-0.4, -0.2) is 22.1 Å². The van der Waals surface area contributed by atoms with Gasteiger partial charge >= 0.3 is 0 Å². The summed E-state index contributed by atoms with van der Waals surface area (Å²) in [6.45, 7) is 3.77. The quantitative estimate of drug-likeness (QED) is 0.781. The summed E-state index contributed by atoms with van der Waals surface area (Å²) in [6.07, 6.45) is 0.759. The van der Waals surface area contributed by atoms with E-state index in [1.54, 1.807) is 6.07 Å². The van der Waals surface area contributed by atoms with Gasteiger partial charge in [-0.05, 0) is 31.0 Å². The molecule has 0 aliphatic carbocycles. The van der Waals surface area contributed by atoms with Crippen molar-refractivity contribution >= 4 is 29.0 Å². The van der Waals surface area contributed by atoms with Crippen LogP contribution in [0.1, 0.15) is 40.4 Å². The maximum Gasteiger partial charge on any atom is 0.271 e. The summed E-state index contributed by atoms with van der Waals surface area (Å²) in [4.78, 5) is 24.9. The van der Waals surface area contributed by atoms with Crippen LogP contribution in [0.15, 0.2) is 16.9 Å². The number of aromatic nitrogens is 1. The average molecular weight is 395 g/mol. The lowest BCUT2D eigenvalue weighted by Gasteiger charge is -2.14. The zero-order chi connectivity index (χ0) is 19.6. The van der Waals surface area contributed by atoms with E-state index < -0.39 is 17.2 Å². The van der Waals surface area contributed by atoms with Crippen molar-refractivity contribution in [3.05, 3.63) is 54.8 Å². The Bertz CT molecular complexity index is 967. The van der Waals surface area contributed by atoms with Gasteiger partial charge in [0.1, 0.15) is 11.6 Å². The van der Waals surface area contributed by atoms with Crippen molar-refractivity contribution in [2.24, 2.45) is 7.05 Å². The molecule has 0 saturated carbocycles. The molecule has 0 atom stereocenters. The molecular formula is C18H16Cl2N2O4. The normalized spacial score (nSPS) is 10.5. The molecule has 1 aromatic heterocycles. The van der Waals surface area contributed by atoms with Gasteiger partial charge in [-0.1, -0.05) is 30.1 Å². The second kappa shape index (κ2) is 7.81. The molecule has 0 saturated heterocycles. The molecule has 1 aromatic carbocycles. The average Bonchev–Trinajstić information content (AvgIpc) is 2.59. The van der Waals surface area contributed by atoms with E-state index in [0.29, 0.717) is 6.61 Å². The third-order valence-electron chi connectivity index (χ3n) is 3.86. The molecule has 2 rings (SSSR count). The summed E-state index contributed by atoms with van der Waals surface area (Å²) in [5, 5.41) is 19.7. The topological polar surface area (TPSA) is 92.3 Å². The van der Waals surface area contributed by atoms with Crippen molar-refractivity contribution in [3.63, 3.8) is 0 Å². The van der Waals surface area contributed by atoms with E-state index in [0.717, 1.165) is 11.0 Å². The minimum atomic E-state index is -0.682. The van der Waals surface area contributed by atoms with Crippen LogP contribution in [0.4, 0.5) is 0 Å². The van der Waals surface area contributed by atoms with Gasteiger partial charge in [0, 0.05) is 12.6 Å². The molecule has 26 heavy (non-hydrogen) atoms. The first-order chi connectivity index (χ1) is 12.2. The number of aromatic hydroxyl groups is 1. The number of nitriles is 1. The summed E-state index contributed by atoms with van der Waals surface area (Å²) < 4.78 is 6.31. The number of carbonyl (C=O) groups is 1. The van der Waals surface area contributed by atoms with Crippen molar-refractivity contribution in [2.45, 2.75) is 20.3 Å². The number of ether oxygens (including phenoxy) is 1. The largest absolute Gasteiger partial charge is 0.494 e. The minimum absolute atomic E-state index is 0.0941. The fourth-order valence-corrected chi connectivity index (χ4v) is 3.06. The summed E-state index contributed by atoms with van der Waals surface area (Å²) in [7, 11) is 1.27. The van der Waals surface area contributed by atoms with Crippen LogP contribution in [0.5, 0.6) is 11.6 Å². The van der Waals surface area contributed by atoms with Gasteiger partial charge in [-0.2, -0.15) is 5.26 Å². The third-order valence-corrected chi connectivity index (χ3v) is 4.42. The zero-order valence-corrected chi connectivity index (χ0v) is 15.9. The highest BCUT2D eigenvalue weighted by atomic mass is 35.5. The molecule has 2 aromatic rings. The SMILES string of the molecule is CCCOc1c(Cl)cc(C(=O)c2c(C)c(C#N)c(=O)n(C)c2O)cc1Cl. The van der Waals surface area contributed by atoms with Gasteiger partial charge in [0.2, 0.25) is 5.88 Å². The Balaban J connectivity index is 2.63. The van der Waals surface area contributed by atoms with E-state index in [1.165, 1.54) is 26.1 Å². The van der Waals surface area contributed by atoms with Crippen LogP contribution in [0.3, 0.4) is 0 Å². The Kier molecular flexibility index (Phi) is 5.96. The van der Waals surface area contributed by atoms with E-state index in [9.17, 15) is 20.0 Å². The van der Waals surface area contributed by atoms with Crippen LogP contribution in [0.25, 0.3) is 0 Å². The molecule has 0 aliphatic heterocycles. The van der Waals surface area contributed by atoms with Crippen LogP contribution >= 0.6 is 23.2 Å². The molecule has 136 valence electrons. The Labute approximate surface area is 160 Å². The third kappa shape index (κ3) is 3.41. The number of hydrogen-bond donors (Lipinski definition) is 1. The van der Waals surface area contributed by atoms with E-state index >= 15 is 0 Å². The molecule has 0 fully saturated rings. The Morgan fingerprint density at radius 3 is 2.42 bits per heavy atom. The van der Waals surface area contributed by atoms with Gasteiger partial charge in [0.15, 0.2) is 11.5 Å². The predicted molar refractivity (Wildman–Crippen MR) is 98.5 cm³/mol. The van der Waals surface area contributed by atoms with Crippen LogP contribution in [0, 0.1) is 18.3 Å². The summed E-state index contributed by atoms with van der Waals surface area (Å²) in [5.41, 5.74) is -0.855. The van der Waals surface area contributed by atoms with Crippen molar-refractivity contribution in [2.75, 3.05) is 6.61 Å². The van der Waals surface area contributed by atoms with Crippen LogP contribution in [-0.2, 0) is 7.05 Å². The summed E-state index contributed by atoms with van der Waals surface area (Å²) in [5.74, 6) is -0.876. The van der Waals surface area contributed by atoms with Gasteiger partial charge in [-0.15, -0.1) is 0 Å². The standard InChI is InChI=1S/C18H16Cl2N2O4/c1-4-5-26-16-12(19)6-10(7-13(16)20)15(23)14-9(2)11(8-21)17(24)22(3)18(14)25/h6-7,25H,4-5H2,1-3H3. The molecular weight excluding hydrogens is 379 g/mol. The van der Waals surface area contributed by atoms with Gasteiger partial charge in [-0.25, -0.2) is 0 Å². The van der Waals surface area contributed by atoms with Gasteiger partial charge in [-0.3, -0.25) is 14.2 Å². The number of benzene rings is 1. The van der Waals surface area contributed by atoms with E-state index in [1.807, 2.05) is 6.92 Å². The number of ketones is 1. The summed E-state index contributed by atoms with van der Waals surface area (Å²) >= 11 is 12.3.